The third-order valence-electron chi connectivity index (χ3n) is 3.12. The van der Waals surface area contributed by atoms with Gasteiger partial charge in [0.05, 0.1) is 10.0 Å². The van der Waals surface area contributed by atoms with Gasteiger partial charge in [0, 0.05) is 7.14 Å². The molecule has 0 bridgehead atoms. The highest BCUT2D eigenvalue weighted by Gasteiger charge is 2.08. The second-order valence-corrected chi connectivity index (χ2v) is 7.67. The Morgan fingerprint density at radius 2 is 1.25 bits per heavy atom. The van der Waals surface area contributed by atoms with Gasteiger partial charge in [-0.15, -0.1) is 0 Å². The predicted molar refractivity (Wildman–Crippen MR) is 105 cm³/mol. The molecule has 0 aromatic heterocycles. The van der Waals surface area contributed by atoms with Crippen molar-refractivity contribution in [3.8, 4) is 11.1 Å². The van der Waals surface area contributed by atoms with Crippen LogP contribution in [0.25, 0.3) is 21.9 Å². The summed E-state index contributed by atoms with van der Waals surface area (Å²) >= 11 is 16.9. The van der Waals surface area contributed by atoms with Gasteiger partial charge in [0.2, 0.25) is 0 Å². The Balaban J connectivity index is 2.23. The van der Waals surface area contributed by atoms with Crippen LogP contribution < -0.4 is 0 Å². The van der Waals surface area contributed by atoms with E-state index in [4.69, 9.17) is 23.2 Å². The summed E-state index contributed by atoms with van der Waals surface area (Å²) < 4.78 is 2.44. The van der Waals surface area contributed by atoms with E-state index in [1.165, 1.54) is 18.3 Å². The van der Waals surface area contributed by atoms with Gasteiger partial charge >= 0.3 is 0 Å². The van der Waals surface area contributed by atoms with Gasteiger partial charge in [-0.05, 0) is 103 Å². The highest BCUT2D eigenvalue weighted by atomic mass is 127. The molecule has 0 fully saturated rings. The number of hydrogen-bond donors (Lipinski definition) is 0. The summed E-state index contributed by atoms with van der Waals surface area (Å²) in [4.78, 5) is 0. The van der Waals surface area contributed by atoms with Crippen molar-refractivity contribution in [1.82, 2.24) is 0 Å². The third-order valence-corrected chi connectivity index (χ3v) is 5.45. The van der Waals surface area contributed by atoms with Crippen molar-refractivity contribution < 1.29 is 0 Å². The van der Waals surface area contributed by atoms with Crippen molar-refractivity contribution >= 4 is 79.2 Å². The average molecular weight is 525 g/mol. The topological polar surface area (TPSA) is 0 Å². The molecule has 0 heterocycles. The Morgan fingerprint density at radius 3 is 1.85 bits per heavy atom. The van der Waals surface area contributed by atoms with Crippen molar-refractivity contribution in [2.45, 2.75) is 0 Å². The molecule has 20 heavy (non-hydrogen) atoms. The average Bonchev–Trinajstić information content (AvgIpc) is 2.41. The fourth-order valence-corrected chi connectivity index (χ4v) is 3.62. The zero-order valence-corrected chi connectivity index (χ0v) is 16.0. The molecule has 0 saturated carbocycles. The van der Waals surface area contributed by atoms with Crippen molar-refractivity contribution in [3.63, 3.8) is 0 Å². The Morgan fingerprint density at radius 1 is 0.700 bits per heavy atom. The first-order chi connectivity index (χ1) is 9.54. The summed E-state index contributed by atoms with van der Waals surface area (Å²) in [5, 5.41) is 3.40. The van der Waals surface area contributed by atoms with Gasteiger partial charge in [-0.1, -0.05) is 35.3 Å². The van der Waals surface area contributed by atoms with Gasteiger partial charge in [-0.2, -0.15) is 0 Å². The van der Waals surface area contributed by atoms with Crippen molar-refractivity contribution in [1.29, 1.82) is 0 Å². The van der Waals surface area contributed by atoms with Gasteiger partial charge in [0.15, 0.2) is 0 Å². The maximum absolute atomic E-state index is 6.11. The predicted octanol–water partition coefficient (Wildman–Crippen LogP) is 7.02. The minimum Gasteiger partial charge on any atom is -0.0827 e. The third kappa shape index (κ3) is 2.93. The van der Waals surface area contributed by atoms with Gasteiger partial charge in [-0.3, -0.25) is 0 Å². The minimum absolute atomic E-state index is 0.592. The first-order valence-corrected chi connectivity index (χ1v) is 8.80. The van der Waals surface area contributed by atoms with Crippen molar-refractivity contribution in [3.05, 3.63) is 65.7 Å². The van der Waals surface area contributed by atoms with Crippen LogP contribution in [0.15, 0.2) is 48.5 Å². The van der Waals surface area contributed by atoms with Crippen LogP contribution in [0.3, 0.4) is 0 Å². The highest BCUT2D eigenvalue weighted by Crippen LogP contribution is 2.34. The number of rotatable bonds is 1. The van der Waals surface area contributed by atoms with Crippen LogP contribution in [0.1, 0.15) is 0 Å². The van der Waals surface area contributed by atoms with E-state index in [1.54, 1.807) is 0 Å². The summed E-state index contributed by atoms with van der Waals surface area (Å²) in [5.74, 6) is 0. The van der Waals surface area contributed by atoms with Crippen molar-refractivity contribution in [2.24, 2.45) is 0 Å². The largest absolute Gasteiger partial charge is 0.0827 e. The summed E-state index contributed by atoms with van der Waals surface area (Å²) in [7, 11) is 0. The lowest BCUT2D eigenvalue weighted by Gasteiger charge is -2.09. The molecule has 0 nitrogen and oxygen atoms in total. The second kappa shape index (κ2) is 5.99. The molecule has 0 atom stereocenters. The lowest BCUT2D eigenvalue weighted by atomic mass is 10.0. The van der Waals surface area contributed by atoms with E-state index in [0.29, 0.717) is 10.0 Å². The van der Waals surface area contributed by atoms with Crippen LogP contribution in [0.2, 0.25) is 10.0 Å². The smallest absolute Gasteiger partial charge is 0.0598 e. The first-order valence-electron chi connectivity index (χ1n) is 5.89. The zero-order chi connectivity index (χ0) is 14.3. The van der Waals surface area contributed by atoms with Crippen LogP contribution in [-0.2, 0) is 0 Å². The van der Waals surface area contributed by atoms with Crippen molar-refractivity contribution in [2.75, 3.05) is 0 Å². The molecule has 0 aliphatic heterocycles. The van der Waals surface area contributed by atoms with Crippen LogP contribution in [-0.4, -0.2) is 0 Å². The number of halogens is 4. The van der Waals surface area contributed by atoms with Gasteiger partial charge in [0.1, 0.15) is 0 Å². The Bertz CT molecular complexity index is 796. The molecule has 0 N–H and O–H groups in total. The van der Waals surface area contributed by atoms with E-state index in [-0.39, 0.29) is 0 Å². The fraction of sp³-hybridized carbons (Fsp3) is 0. The molecule has 0 aliphatic rings. The summed E-state index contributed by atoms with van der Waals surface area (Å²) in [5.41, 5.74) is 2.43. The maximum atomic E-state index is 6.11. The standard InChI is InChI=1S/C16H8Cl2I2/c17-14-6-10-5-13(9-1-3-12(19)4-2-9)16(20)8-11(10)7-15(14)18/h1-8H. The molecule has 4 heteroatoms. The summed E-state index contributed by atoms with van der Waals surface area (Å²) in [6.07, 6.45) is 0. The molecule has 0 unspecified atom stereocenters. The van der Waals surface area contributed by atoms with E-state index in [2.05, 4.69) is 81.6 Å². The zero-order valence-electron chi connectivity index (χ0n) is 10.1. The SMILES string of the molecule is Clc1cc2cc(I)c(-c3ccc(I)cc3)cc2cc1Cl. The normalized spacial score (nSPS) is 11.0. The van der Waals surface area contributed by atoms with Crippen LogP contribution in [0.5, 0.6) is 0 Å². The van der Waals surface area contributed by atoms with Gasteiger partial charge in [-0.25, -0.2) is 0 Å². The monoisotopic (exact) mass is 524 g/mol. The number of benzene rings is 3. The molecule has 100 valence electrons. The van der Waals surface area contributed by atoms with E-state index < -0.39 is 0 Å². The van der Waals surface area contributed by atoms with Gasteiger partial charge in [0.25, 0.3) is 0 Å². The molecule has 0 aliphatic carbocycles. The van der Waals surface area contributed by atoms with Gasteiger partial charge < -0.3 is 0 Å². The first kappa shape index (κ1) is 14.9. The molecule has 0 saturated heterocycles. The molecule has 3 aromatic carbocycles. The lowest BCUT2D eigenvalue weighted by Crippen LogP contribution is -1.85. The van der Waals surface area contributed by atoms with E-state index in [1.807, 2.05) is 12.1 Å². The minimum atomic E-state index is 0.592. The lowest BCUT2D eigenvalue weighted by molar-refractivity contribution is 1.59. The van der Waals surface area contributed by atoms with Crippen LogP contribution >= 0.6 is 68.4 Å². The molecule has 0 amide bonds. The Labute approximate surface area is 154 Å². The molecule has 0 radical (unpaired) electrons. The maximum Gasteiger partial charge on any atom is 0.0598 e. The van der Waals surface area contributed by atoms with E-state index in [9.17, 15) is 0 Å². The summed E-state index contributed by atoms with van der Waals surface area (Å²) in [6.45, 7) is 0. The molecule has 3 rings (SSSR count). The Hall–Kier alpha value is -0.0400. The number of fused-ring (bicyclic) bond motifs is 1. The second-order valence-electron chi connectivity index (χ2n) is 4.45. The molecular formula is C16H8Cl2I2. The van der Waals surface area contributed by atoms with E-state index in [0.717, 1.165) is 10.8 Å². The fourth-order valence-electron chi connectivity index (χ4n) is 2.12. The summed E-state index contributed by atoms with van der Waals surface area (Å²) in [6, 6.07) is 16.7. The molecule has 3 aromatic rings. The Kier molecular flexibility index (Phi) is 4.45. The molecular weight excluding hydrogens is 517 g/mol. The molecule has 0 spiro atoms. The van der Waals surface area contributed by atoms with Crippen LogP contribution in [0, 0.1) is 7.14 Å². The number of hydrogen-bond acceptors (Lipinski definition) is 0. The van der Waals surface area contributed by atoms with Crippen LogP contribution in [0.4, 0.5) is 0 Å². The quantitative estimate of drug-likeness (QED) is 0.300. The highest BCUT2D eigenvalue weighted by molar-refractivity contribution is 14.1. The van der Waals surface area contributed by atoms with E-state index >= 15 is 0 Å².